The van der Waals surface area contributed by atoms with E-state index < -0.39 is 0 Å². The van der Waals surface area contributed by atoms with Crippen LogP contribution in [-0.4, -0.2) is 31.6 Å². The molecule has 24 heavy (non-hydrogen) atoms. The van der Waals surface area contributed by atoms with Crippen molar-refractivity contribution in [2.75, 3.05) is 20.8 Å². The average molecular weight is 325 g/mol. The first-order valence-electron chi connectivity index (χ1n) is 8.31. The highest BCUT2D eigenvalue weighted by Crippen LogP contribution is 2.36. The maximum Gasteiger partial charge on any atom is 0.254 e. The molecule has 3 rings (SSSR count). The summed E-state index contributed by atoms with van der Waals surface area (Å²) in [7, 11) is 3.47. The summed E-state index contributed by atoms with van der Waals surface area (Å²) in [5, 5.41) is 0. The molecule has 4 nitrogen and oxygen atoms in total. The number of aryl methyl sites for hydroxylation is 1. The summed E-state index contributed by atoms with van der Waals surface area (Å²) in [6.07, 6.45) is 1.99. The molecule has 4 heteroatoms. The van der Waals surface area contributed by atoms with E-state index in [2.05, 4.69) is 18.2 Å². The SMILES string of the molecule is CCOc1cc(C(=O)N(C)C2CCc3ccccc32)ccc1OC. The number of methoxy groups -OCH3 is 1. The lowest BCUT2D eigenvalue weighted by atomic mass is 10.1. The van der Waals surface area contributed by atoms with Crippen LogP contribution in [0.4, 0.5) is 0 Å². The van der Waals surface area contributed by atoms with E-state index in [0.717, 1.165) is 12.8 Å². The van der Waals surface area contributed by atoms with Crippen LogP contribution in [0, 0.1) is 0 Å². The fourth-order valence-electron chi connectivity index (χ4n) is 3.36. The van der Waals surface area contributed by atoms with Crippen LogP contribution in [0.3, 0.4) is 0 Å². The molecule has 126 valence electrons. The van der Waals surface area contributed by atoms with Crippen LogP contribution < -0.4 is 9.47 Å². The first kappa shape index (κ1) is 16.4. The van der Waals surface area contributed by atoms with Gasteiger partial charge in [0.2, 0.25) is 0 Å². The number of rotatable bonds is 5. The fraction of sp³-hybridized carbons (Fsp3) is 0.350. The van der Waals surface area contributed by atoms with Crippen molar-refractivity contribution >= 4 is 5.91 Å². The number of hydrogen-bond acceptors (Lipinski definition) is 3. The van der Waals surface area contributed by atoms with E-state index in [1.165, 1.54) is 11.1 Å². The van der Waals surface area contributed by atoms with Gasteiger partial charge in [0.25, 0.3) is 5.91 Å². The highest BCUT2D eigenvalue weighted by molar-refractivity contribution is 5.95. The van der Waals surface area contributed by atoms with Crippen molar-refractivity contribution < 1.29 is 14.3 Å². The van der Waals surface area contributed by atoms with Gasteiger partial charge >= 0.3 is 0 Å². The van der Waals surface area contributed by atoms with Crippen LogP contribution in [0.5, 0.6) is 11.5 Å². The van der Waals surface area contributed by atoms with Crippen LogP contribution in [0.1, 0.15) is 40.9 Å². The number of nitrogens with zero attached hydrogens (tertiary/aromatic N) is 1. The number of ether oxygens (including phenoxy) is 2. The molecule has 1 aliphatic carbocycles. The van der Waals surface area contributed by atoms with E-state index in [1.54, 1.807) is 25.3 Å². The molecule has 0 bridgehead atoms. The number of carbonyl (C=O) groups is 1. The Kier molecular flexibility index (Phi) is 4.74. The van der Waals surface area contributed by atoms with Crippen molar-refractivity contribution in [1.82, 2.24) is 4.90 Å². The normalized spacial score (nSPS) is 15.7. The molecular weight excluding hydrogens is 302 g/mol. The number of fused-ring (bicyclic) bond motifs is 1. The Bertz CT molecular complexity index is 741. The molecule has 0 aromatic heterocycles. The summed E-state index contributed by atoms with van der Waals surface area (Å²) in [6, 6.07) is 13.8. The molecule has 1 unspecified atom stereocenters. The predicted molar refractivity (Wildman–Crippen MR) is 93.8 cm³/mol. The van der Waals surface area contributed by atoms with E-state index in [0.29, 0.717) is 23.7 Å². The zero-order valence-electron chi connectivity index (χ0n) is 14.4. The lowest BCUT2D eigenvalue weighted by molar-refractivity contribution is 0.0730. The van der Waals surface area contributed by atoms with E-state index in [9.17, 15) is 4.79 Å². The van der Waals surface area contributed by atoms with Gasteiger partial charge in [-0.25, -0.2) is 0 Å². The fourth-order valence-corrected chi connectivity index (χ4v) is 3.36. The molecule has 1 amide bonds. The monoisotopic (exact) mass is 325 g/mol. The Morgan fingerprint density at radius 3 is 2.75 bits per heavy atom. The minimum atomic E-state index is 0.000286. The van der Waals surface area contributed by atoms with Crippen molar-refractivity contribution in [3.05, 3.63) is 59.2 Å². The highest BCUT2D eigenvalue weighted by atomic mass is 16.5. The van der Waals surface area contributed by atoms with Gasteiger partial charge in [0.05, 0.1) is 19.8 Å². The van der Waals surface area contributed by atoms with Crippen molar-refractivity contribution in [2.45, 2.75) is 25.8 Å². The smallest absolute Gasteiger partial charge is 0.254 e. The number of amides is 1. The molecule has 0 aliphatic heterocycles. The topological polar surface area (TPSA) is 38.8 Å². The van der Waals surface area contributed by atoms with Gasteiger partial charge in [0.15, 0.2) is 11.5 Å². The highest BCUT2D eigenvalue weighted by Gasteiger charge is 2.29. The quantitative estimate of drug-likeness (QED) is 0.838. The molecule has 2 aromatic carbocycles. The molecule has 0 radical (unpaired) electrons. The number of benzene rings is 2. The number of carbonyl (C=O) groups excluding carboxylic acids is 1. The molecular formula is C20H23NO3. The zero-order valence-corrected chi connectivity index (χ0v) is 14.4. The van der Waals surface area contributed by atoms with Crippen LogP contribution in [0.25, 0.3) is 0 Å². The predicted octanol–water partition coefficient (Wildman–Crippen LogP) is 3.85. The van der Waals surface area contributed by atoms with Gasteiger partial charge in [0.1, 0.15) is 0 Å². The van der Waals surface area contributed by atoms with Gasteiger partial charge in [-0.3, -0.25) is 4.79 Å². The first-order chi connectivity index (χ1) is 11.7. The first-order valence-corrected chi connectivity index (χ1v) is 8.31. The Balaban J connectivity index is 1.85. The Labute approximate surface area is 143 Å². The van der Waals surface area contributed by atoms with Crippen molar-refractivity contribution in [2.24, 2.45) is 0 Å². The second-order valence-corrected chi connectivity index (χ2v) is 5.97. The van der Waals surface area contributed by atoms with Gasteiger partial charge in [-0.15, -0.1) is 0 Å². The second kappa shape index (κ2) is 6.95. The minimum Gasteiger partial charge on any atom is -0.493 e. The van der Waals surface area contributed by atoms with E-state index in [1.807, 2.05) is 24.9 Å². The lowest BCUT2D eigenvalue weighted by Gasteiger charge is -2.26. The largest absolute Gasteiger partial charge is 0.493 e. The number of hydrogen-bond donors (Lipinski definition) is 0. The summed E-state index contributed by atoms with van der Waals surface area (Å²) in [5.74, 6) is 1.24. The van der Waals surface area contributed by atoms with Gasteiger partial charge in [-0.1, -0.05) is 24.3 Å². The average Bonchev–Trinajstić information content (AvgIpc) is 3.05. The van der Waals surface area contributed by atoms with E-state index in [-0.39, 0.29) is 11.9 Å². The third-order valence-corrected chi connectivity index (χ3v) is 4.60. The van der Waals surface area contributed by atoms with Crippen LogP contribution >= 0.6 is 0 Å². The maximum absolute atomic E-state index is 12.9. The van der Waals surface area contributed by atoms with Gasteiger partial charge < -0.3 is 14.4 Å². The molecule has 0 saturated carbocycles. The van der Waals surface area contributed by atoms with Gasteiger partial charge in [0, 0.05) is 12.6 Å². The summed E-state index contributed by atoms with van der Waals surface area (Å²) in [5.41, 5.74) is 3.21. The Morgan fingerprint density at radius 1 is 1.21 bits per heavy atom. The molecule has 1 aliphatic rings. The molecule has 2 aromatic rings. The Hall–Kier alpha value is -2.49. The van der Waals surface area contributed by atoms with Crippen LogP contribution in [0.2, 0.25) is 0 Å². The Morgan fingerprint density at radius 2 is 2.00 bits per heavy atom. The second-order valence-electron chi connectivity index (χ2n) is 5.97. The summed E-state index contributed by atoms with van der Waals surface area (Å²) in [4.78, 5) is 14.8. The molecule has 1 atom stereocenters. The summed E-state index contributed by atoms with van der Waals surface area (Å²) >= 11 is 0. The standard InChI is InChI=1S/C20H23NO3/c1-4-24-19-13-15(10-12-18(19)23-3)20(22)21(2)17-11-9-14-7-5-6-8-16(14)17/h5-8,10,12-13,17H,4,9,11H2,1-3H3. The van der Waals surface area contributed by atoms with Crippen molar-refractivity contribution in [3.63, 3.8) is 0 Å². The molecule has 0 fully saturated rings. The van der Waals surface area contributed by atoms with E-state index >= 15 is 0 Å². The maximum atomic E-state index is 12.9. The zero-order chi connectivity index (χ0) is 17.1. The third-order valence-electron chi connectivity index (χ3n) is 4.60. The molecule has 0 saturated heterocycles. The van der Waals surface area contributed by atoms with E-state index in [4.69, 9.17) is 9.47 Å². The van der Waals surface area contributed by atoms with Crippen LogP contribution in [0.15, 0.2) is 42.5 Å². The summed E-state index contributed by atoms with van der Waals surface area (Å²) in [6.45, 7) is 2.44. The van der Waals surface area contributed by atoms with Crippen LogP contribution in [-0.2, 0) is 6.42 Å². The van der Waals surface area contributed by atoms with Crippen molar-refractivity contribution in [1.29, 1.82) is 0 Å². The van der Waals surface area contributed by atoms with Crippen molar-refractivity contribution in [3.8, 4) is 11.5 Å². The molecule has 0 spiro atoms. The van der Waals surface area contributed by atoms with Gasteiger partial charge in [-0.2, -0.15) is 0 Å². The minimum absolute atomic E-state index is 0.000286. The lowest BCUT2D eigenvalue weighted by Crippen LogP contribution is -2.30. The summed E-state index contributed by atoms with van der Waals surface area (Å²) < 4.78 is 10.9. The molecule has 0 heterocycles. The van der Waals surface area contributed by atoms with Gasteiger partial charge in [-0.05, 0) is 49.1 Å². The third kappa shape index (κ3) is 2.96. The molecule has 0 N–H and O–H groups in total.